The number of non-ortho nitro benzene ring substituents is 1. The highest BCUT2D eigenvalue weighted by atomic mass is 35.5. The van der Waals surface area contributed by atoms with E-state index in [0.717, 1.165) is 11.6 Å². The van der Waals surface area contributed by atoms with E-state index in [1.807, 2.05) is 30.3 Å². The van der Waals surface area contributed by atoms with Gasteiger partial charge < -0.3 is 10.1 Å². The molecule has 28 heavy (non-hydrogen) atoms. The van der Waals surface area contributed by atoms with E-state index >= 15 is 0 Å². The third kappa shape index (κ3) is 4.70. The summed E-state index contributed by atoms with van der Waals surface area (Å²) in [6, 6.07) is 13.0. The fourth-order valence-electron chi connectivity index (χ4n) is 2.19. The van der Waals surface area contributed by atoms with Gasteiger partial charge in [-0.15, -0.1) is 11.3 Å². The van der Waals surface area contributed by atoms with Gasteiger partial charge in [0.1, 0.15) is 5.01 Å². The number of thiazole rings is 1. The maximum Gasteiger partial charge on any atom is 0.358 e. The molecular formula is C18H12ClN3O5S. The van der Waals surface area contributed by atoms with Gasteiger partial charge in [0.15, 0.2) is 12.3 Å². The number of nitrogens with zero attached hydrogens (tertiary/aromatic N) is 2. The van der Waals surface area contributed by atoms with Crippen LogP contribution in [0.3, 0.4) is 0 Å². The first-order valence-electron chi connectivity index (χ1n) is 7.86. The second-order valence-corrected chi connectivity index (χ2v) is 6.71. The lowest BCUT2D eigenvalue weighted by Crippen LogP contribution is -2.21. The number of rotatable bonds is 6. The van der Waals surface area contributed by atoms with Gasteiger partial charge in [-0.25, -0.2) is 9.78 Å². The Morgan fingerprint density at radius 1 is 1.21 bits per heavy atom. The van der Waals surface area contributed by atoms with Crippen molar-refractivity contribution in [3.8, 4) is 10.6 Å². The van der Waals surface area contributed by atoms with Crippen LogP contribution in [-0.4, -0.2) is 28.4 Å². The molecule has 0 aliphatic rings. The lowest BCUT2D eigenvalue weighted by molar-refractivity contribution is -0.384. The van der Waals surface area contributed by atoms with Gasteiger partial charge in [-0.3, -0.25) is 14.9 Å². The molecule has 2 aromatic carbocycles. The molecule has 10 heteroatoms. The number of aromatic nitrogens is 1. The number of carbonyl (C=O) groups is 2. The third-order valence-corrected chi connectivity index (χ3v) is 4.71. The van der Waals surface area contributed by atoms with Crippen LogP contribution >= 0.6 is 22.9 Å². The summed E-state index contributed by atoms with van der Waals surface area (Å²) in [5.41, 5.74) is 0.947. The average molecular weight is 418 g/mol. The Hall–Kier alpha value is -3.30. The van der Waals surface area contributed by atoms with Gasteiger partial charge in [-0.2, -0.15) is 0 Å². The van der Waals surface area contributed by atoms with Crippen LogP contribution in [0.2, 0.25) is 5.02 Å². The van der Waals surface area contributed by atoms with E-state index in [1.54, 1.807) is 5.38 Å². The largest absolute Gasteiger partial charge is 0.451 e. The molecule has 1 aromatic heterocycles. The number of nitro groups is 1. The quantitative estimate of drug-likeness (QED) is 0.366. The molecule has 0 saturated heterocycles. The van der Waals surface area contributed by atoms with E-state index in [-0.39, 0.29) is 22.1 Å². The first-order valence-corrected chi connectivity index (χ1v) is 9.11. The van der Waals surface area contributed by atoms with Crippen molar-refractivity contribution in [1.29, 1.82) is 0 Å². The fraction of sp³-hybridized carbons (Fsp3) is 0.0556. The van der Waals surface area contributed by atoms with Crippen molar-refractivity contribution in [2.45, 2.75) is 0 Å². The summed E-state index contributed by atoms with van der Waals surface area (Å²) < 4.78 is 4.95. The normalized spacial score (nSPS) is 10.3. The second kappa shape index (κ2) is 8.59. The lowest BCUT2D eigenvalue weighted by Gasteiger charge is -2.07. The van der Waals surface area contributed by atoms with Crippen LogP contribution < -0.4 is 5.32 Å². The zero-order valence-corrected chi connectivity index (χ0v) is 15.7. The number of ether oxygens (including phenoxy) is 1. The molecule has 0 saturated carbocycles. The molecule has 0 fully saturated rings. The number of halogens is 1. The van der Waals surface area contributed by atoms with E-state index in [4.69, 9.17) is 16.3 Å². The van der Waals surface area contributed by atoms with Gasteiger partial charge in [0.2, 0.25) is 0 Å². The standard InChI is InChI=1S/C18H12ClN3O5S/c19-13-8-12(22(25)26)6-7-14(13)20-16(23)9-27-18(24)15-10-28-17(21-15)11-4-2-1-3-5-11/h1-8,10H,9H2,(H,20,23). The Morgan fingerprint density at radius 2 is 1.96 bits per heavy atom. The summed E-state index contributed by atoms with van der Waals surface area (Å²) >= 11 is 7.19. The molecule has 0 unspecified atom stereocenters. The van der Waals surface area contributed by atoms with E-state index in [0.29, 0.717) is 5.01 Å². The summed E-state index contributed by atoms with van der Waals surface area (Å²) in [6.45, 7) is -0.551. The molecule has 8 nitrogen and oxygen atoms in total. The first-order chi connectivity index (χ1) is 13.4. The first kappa shape index (κ1) is 19.5. The van der Waals surface area contributed by atoms with Gasteiger partial charge in [-0.1, -0.05) is 41.9 Å². The SMILES string of the molecule is O=C(COC(=O)c1csc(-c2ccccc2)n1)Nc1ccc([N+](=O)[O-])cc1Cl. The van der Waals surface area contributed by atoms with E-state index < -0.39 is 23.4 Å². The molecule has 1 heterocycles. The third-order valence-electron chi connectivity index (χ3n) is 3.51. The van der Waals surface area contributed by atoms with Gasteiger partial charge in [0.25, 0.3) is 11.6 Å². The summed E-state index contributed by atoms with van der Waals surface area (Å²) in [5.74, 6) is -1.37. The number of hydrogen-bond donors (Lipinski definition) is 1. The Kier molecular flexibility index (Phi) is 5.97. The maximum atomic E-state index is 12.1. The number of nitro benzene ring substituents is 1. The number of carbonyl (C=O) groups excluding carboxylic acids is 2. The zero-order valence-electron chi connectivity index (χ0n) is 14.1. The van der Waals surface area contributed by atoms with Gasteiger partial charge in [0, 0.05) is 23.1 Å². The molecule has 0 atom stereocenters. The molecule has 1 N–H and O–H groups in total. The summed E-state index contributed by atoms with van der Waals surface area (Å²) in [4.78, 5) is 38.3. The van der Waals surface area contributed by atoms with Crippen LogP contribution in [-0.2, 0) is 9.53 Å². The van der Waals surface area contributed by atoms with Crippen molar-refractivity contribution < 1.29 is 19.2 Å². The molecule has 0 aliphatic carbocycles. The minimum atomic E-state index is -0.733. The lowest BCUT2D eigenvalue weighted by atomic mass is 10.2. The average Bonchev–Trinajstić information content (AvgIpc) is 3.18. The number of hydrogen-bond acceptors (Lipinski definition) is 7. The molecule has 0 radical (unpaired) electrons. The highest BCUT2D eigenvalue weighted by Gasteiger charge is 2.16. The van der Waals surface area contributed by atoms with Crippen LogP contribution in [0, 0.1) is 10.1 Å². The monoisotopic (exact) mass is 417 g/mol. The Bertz CT molecular complexity index is 1040. The maximum absolute atomic E-state index is 12.1. The Morgan fingerprint density at radius 3 is 2.64 bits per heavy atom. The van der Waals surface area contributed by atoms with E-state index in [1.165, 1.54) is 23.5 Å². The molecule has 0 bridgehead atoms. The Labute approximate surface area is 167 Å². The number of esters is 1. The summed E-state index contributed by atoms with van der Waals surface area (Å²) in [5, 5.41) is 15.3. The molecule has 1 amide bonds. The van der Waals surface area contributed by atoms with Gasteiger partial charge in [-0.05, 0) is 6.07 Å². The molecule has 0 spiro atoms. The van der Waals surface area contributed by atoms with Crippen molar-refractivity contribution in [3.63, 3.8) is 0 Å². The fourth-order valence-corrected chi connectivity index (χ4v) is 3.21. The van der Waals surface area contributed by atoms with Crippen LogP contribution in [0.15, 0.2) is 53.9 Å². The van der Waals surface area contributed by atoms with Crippen LogP contribution in [0.5, 0.6) is 0 Å². The second-order valence-electron chi connectivity index (χ2n) is 5.45. The summed E-state index contributed by atoms with van der Waals surface area (Å²) in [6.07, 6.45) is 0. The van der Waals surface area contributed by atoms with Crippen LogP contribution in [0.25, 0.3) is 10.6 Å². The highest BCUT2D eigenvalue weighted by Crippen LogP contribution is 2.26. The molecule has 0 aliphatic heterocycles. The number of anilines is 1. The zero-order chi connectivity index (χ0) is 20.1. The number of benzene rings is 2. The minimum Gasteiger partial charge on any atom is -0.451 e. The molecule has 3 rings (SSSR count). The summed E-state index contributed by atoms with van der Waals surface area (Å²) in [7, 11) is 0. The predicted octanol–water partition coefficient (Wildman–Crippen LogP) is 4.17. The molecule has 142 valence electrons. The minimum absolute atomic E-state index is 0.000815. The van der Waals surface area contributed by atoms with Crippen molar-refractivity contribution in [2.24, 2.45) is 0 Å². The van der Waals surface area contributed by atoms with E-state index in [2.05, 4.69) is 10.3 Å². The van der Waals surface area contributed by atoms with Gasteiger partial charge in [0.05, 0.1) is 15.6 Å². The van der Waals surface area contributed by atoms with Crippen molar-refractivity contribution in [1.82, 2.24) is 4.98 Å². The number of nitrogens with one attached hydrogen (secondary N) is 1. The van der Waals surface area contributed by atoms with E-state index in [9.17, 15) is 19.7 Å². The van der Waals surface area contributed by atoms with Crippen molar-refractivity contribution in [3.05, 3.63) is 74.7 Å². The van der Waals surface area contributed by atoms with Gasteiger partial charge >= 0.3 is 5.97 Å². The molecular weight excluding hydrogens is 406 g/mol. The smallest absolute Gasteiger partial charge is 0.358 e. The number of amides is 1. The van der Waals surface area contributed by atoms with Crippen molar-refractivity contribution >= 4 is 46.2 Å². The van der Waals surface area contributed by atoms with Crippen molar-refractivity contribution in [2.75, 3.05) is 11.9 Å². The Balaban J connectivity index is 1.57. The van der Waals surface area contributed by atoms with Crippen LogP contribution in [0.4, 0.5) is 11.4 Å². The highest BCUT2D eigenvalue weighted by molar-refractivity contribution is 7.13. The molecule has 3 aromatic rings. The van der Waals surface area contributed by atoms with Crippen LogP contribution in [0.1, 0.15) is 10.5 Å². The topological polar surface area (TPSA) is 111 Å². The predicted molar refractivity (Wildman–Crippen MR) is 105 cm³/mol.